The van der Waals surface area contributed by atoms with Crippen molar-refractivity contribution in [1.82, 2.24) is 0 Å². The van der Waals surface area contributed by atoms with Gasteiger partial charge in [-0.15, -0.1) is 0 Å². The van der Waals surface area contributed by atoms with E-state index in [4.69, 9.17) is 14.2 Å². The second-order valence-electron chi connectivity index (χ2n) is 3.52. The van der Waals surface area contributed by atoms with E-state index in [0.717, 1.165) is 5.56 Å². The highest BCUT2D eigenvalue weighted by Crippen LogP contribution is 2.38. The topological polar surface area (TPSA) is 27.7 Å². The molecular weight excluding hydrogens is 236 g/mol. The Bertz CT molecular complexity index is 368. The SMILES string of the molecule is COc1cc(C)cc(OC)c1OC[B-](F)(F)F. The van der Waals surface area contributed by atoms with Crippen LogP contribution in [0.5, 0.6) is 17.2 Å². The summed E-state index contributed by atoms with van der Waals surface area (Å²) in [7, 11) is 2.72. The molecule has 0 atom stereocenters. The fourth-order valence-corrected chi connectivity index (χ4v) is 1.33. The Morgan fingerprint density at radius 1 is 1.06 bits per heavy atom. The molecule has 0 radical (unpaired) electrons. The number of aryl methyl sites for hydroxylation is 1. The summed E-state index contributed by atoms with van der Waals surface area (Å²) in [5.41, 5.74) is 0.809. The van der Waals surface area contributed by atoms with Gasteiger partial charge in [0, 0.05) is 0 Å². The molecule has 0 heterocycles. The molecule has 0 saturated heterocycles. The number of methoxy groups -OCH3 is 2. The standard InChI is InChI=1S/C10H13BF3O3/c1-7-4-8(15-2)10(9(5-7)16-3)17-6-11(12,13)14/h4-5H,6H2,1-3H3/q-1. The fourth-order valence-electron chi connectivity index (χ4n) is 1.33. The van der Waals surface area contributed by atoms with E-state index in [1.807, 2.05) is 0 Å². The highest BCUT2D eigenvalue weighted by molar-refractivity contribution is 6.58. The number of ether oxygens (including phenoxy) is 3. The Morgan fingerprint density at radius 2 is 1.53 bits per heavy atom. The maximum absolute atomic E-state index is 12.1. The maximum atomic E-state index is 12.1. The molecule has 0 spiro atoms. The summed E-state index contributed by atoms with van der Waals surface area (Å²) in [5.74, 6) is 0.420. The van der Waals surface area contributed by atoms with Crippen LogP contribution in [0.4, 0.5) is 12.9 Å². The minimum Gasteiger partial charge on any atom is -0.516 e. The molecular formula is C10H13BF3O3-. The van der Waals surface area contributed by atoms with E-state index in [2.05, 4.69) is 0 Å². The Balaban J connectivity index is 3.03. The minimum atomic E-state index is -5.01. The molecule has 0 amide bonds. The molecule has 0 saturated carbocycles. The third kappa shape index (κ3) is 3.76. The minimum absolute atomic E-state index is 0.0280. The van der Waals surface area contributed by atoms with E-state index >= 15 is 0 Å². The second-order valence-corrected chi connectivity index (χ2v) is 3.52. The monoisotopic (exact) mass is 249 g/mol. The lowest BCUT2D eigenvalue weighted by Gasteiger charge is -2.19. The van der Waals surface area contributed by atoms with Gasteiger partial charge in [0.15, 0.2) is 11.5 Å². The molecule has 0 bridgehead atoms. The second kappa shape index (κ2) is 5.20. The molecule has 0 aliphatic carbocycles. The van der Waals surface area contributed by atoms with Crippen LogP contribution in [-0.2, 0) is 0 Å². The van der Waals surface area contributed by atoms with Gasteiger partial charge >= 0.3 is 6.98 Å². The van der Waals surface area contributed by atoms with Gasteiger partial charge in [0.1, 0.15) is 0 Å². The van der Waals surface area contributed by atoms with Crippen LogP contribution in [0.25, 0.3) is 0 Å². The van der Waals surface area contributed by atoms with Gasteiger partial charge in [-0.2, -0.15) is 0 Å². The summed E-state index contributed by atoms with van der Waals surface area (Å²) in [6.45, 7) is -4.56. The van der Waals surface area contributed by atoms with Crippen LogP contribution in [0, 0.1) is 6.92 Å². The number of halogens is 3. The quantitative estimate of drug-likeness (QED) is 0.751. The van der Waals surface area contributed by atoms with Crippen molar-refractivity contribution in [2.24, 2.45) is 0 Å². The zero-order chi connectivity index (χ0) is 13.1. The van der Waals surface area contributed by atoms with Gasteiger partial charge in [-0.25, -0.2) is 0 Å². The Hall–Kier alpha value is -1.53. The van der Waals surface area contributed by atoms with Crippen LogP contribution < -0.4 is 14.2 Å². The summed E-state index contributed by atoms with van der Waals surface area (Å²) >= 11 is 0. The molecule has 17 heavy (non-hydrogen) atoms. The van der Waals surface area contributed by atoms with Crippen LogP contribution in [0.1, 0.15) is 5.56 Å². The van der Waals surface area contributed by atoms with Gasteiger partial charge in [-0.3, -0.25) is 0 Å². The zero-order valence-electron chi connectivity index (χ0n) is 9.80. The van der Waals surface area contributed by atoms with Gasteiger partial charge in [0.2, 0.25) is 5.75 Å². The van der Waals surface area contributed by atoms with Crippen LogP contribution in [-0.4, -0.2) is 27.7 Å². The largest absolute Gasteiger partial charge is 0.516 e. The average molecular weight is 249 g/mol. The summed E-state index contributed by atoms with van der Waals surface area (Å²) in [6, 6.07) is 3.17. The first-order chi connectivity index (χ1) is 7.87. The molecule has 1 aromatic carbocycles. The highest BCUT2D eigenvalue weighted by atomic mass is 19.4. The van der Waals surface area contributed by atoms with Crippen molar-refractivity contribution in [3.8, 4) is 17.2 Å². The van der Waals surface area contributed by atoms with E-state index in [0.29, 0.717) is 0 Å². The predicted octanol–water partition coefficient (Wildman–Crippen LogP) is 2.78. The van der Waals surface area contributed by atoms with E-state index in [1.165, 1.54) is 14.2 Å². The van der Waals surface area contributed by atoms with Crippen LogP contribution >= 0.6 is 0 Å². The Labute approximate surface area is 97.5 Å². The predicted molar refractivity (Wildman–Crippen MR) is 58.9 cm³/mol. The average Bonchev–Trinajstić information content (AvgIpc) is 2.24. The van der Waals surface area contributed by atoms with Gasteiger partial charge in [0.25, 0.3) is 0 Å². The lowest BCUT2D eigenvalue weighted by molar-refractivity contribution is 0.278. The number of hydrogen-bond acceptors (Lipinski definition) is 3. The molecule has 0 fully saturated rings. The molecule has 0 aromatic heterocycles. The van der Waals surface area contributed by atoms with Crippen LogP contribution in [0.15, 0.2) is 12.1 Å². The fraction of sp³-hybridized carbons (Fsp3) is 0.400. The van der Waals surface area contributed by atoms with Crippen molar-refractivity contribution in [3.63, 3.8) is 0 Å². The van der Waals surface area contributed by atoms with E-state index < -0.39 is 13.5 Å². The highest BCUT2D eigenvalue weighted by Gasteiger charge is 2.26. The third-order valence-electron chi connectivity index (χ3n) is 2.02. The third-order valence-corrected chi connectivity index (χ3v) is 2.02. The van der Waals surface area contributed by atoms with Crippen molar-refractivity contribution in [3.05, 3.63) is 17.7 Å². The molecule has 0 aliphatic heterocycles. The first-order valence-electron chi connectivity index (χ1n) is 4.94. The lowest BCUT2D eigenvalue weighted by Crippen LogP contribution is -2.26. The first kappa shape index (κ1) is 13.5. The normalized spacial score (nSPS) is 11.2. The number of benzene rings is 1. The smallest absolute Gasteiger partial charge is 0.515 e. The zero-order valence-corrected chi connectivity index (χ0v) is 9.80. The molecule has 0 unspecified atom stereocenters. The molecule has 0 N–H and O–H groups in total. The van der Waals surface area contributed by atoms with Crippen LogP contribution in [0.3, 0.4) is 0 Å². The molecule has 1 rings (SSSR count). The lowest BCUT2D eigenvalue weighted by atomic mass is 9.95. The maximum Gasteiger partial charge on any atom is 0.515 e. The Morgan fingerprint density at radius 3 is 1.88 bits per heavy atom. The number of hydrogen-bond donors (Lipinski definition) is 0. The summed E-state index contributed by atoms with van der Waals surface area (Å²) < 4.78 is 51.1. The summed E-state index contributed by atoms with van der Waals surface area (Å²) in [5, 5.41) is 0. The van der Waals surface area contributed by atoms with E-state index in [-0.39, 0.29) is 17.2 Å². The van der Waals surface area contributed by atoms with Gasteiger partial charge in [-0.05, 0) is 24.6 Å². The van der Waals surface area contributed by atoms with Gasteiger partial charge in [0.05, 0.1) is 20.7 Å². The van der Waals surface area contributed by atoms with Crippen molar-refractivity contribution >= 4 is 6.98 Å². The van der Waals surface area contributed by atoms with Gasteiger partial charge < -0.3 is 27.2 Å². The molecule has 7 heteroatoms. The number of rotatable bonds is 5. The first-order valence-corrected chi connectivity index (χ1v) is 4.94. The van der Waals surface area contributed by atoms with Crippen molar-refractivity contribution in [2.45, 2.75) is 6.92 Å². The van der Waals surface area contributed by atoms with Gasteiger partial charge in [-0.1, -0.05) is 0 Å². The van der Waals surface area contributed by atoms with Crippen LogP contribution in [0.2, 0.25) is 0 Å². The van der Waals surface area contributed by atoms with E-state index in [9.17, 15) is 12.9 Å². The van der Waals surface area contributed by atoms with Crippen molar-refractivity contribution in [1.29, 1.82) is 0 Å². The summed E-state index contributed by atoms with van der Waals surface area (Å²) in [6.07, 6.45) is 0. The van der Waals surface area contributed by atoms with Crippen molar-refractivity contribution < 1.29 is 27.2 Å². The molecule has 0 aliphatic rings. The molecule has 3 nitrogen and oxygen atoms in total. The van der Waals surface area contributed by atoms with E-state index in [1.54, 1.807) is 19.1 Å². The molecule has 96 valence electrons. The molecule has 1 aromatic rings. The summed E-state index contributed by atoms with van der Waals surface area (Å²) in [4.78, 5) is 0. The van der Waals surface area contributed by atoms with Crippen molar-refractivity contribution in [2.75, 3.05) is 20.7 Å². The Kier molecular flexibility index (Phi) is 4.14.